The quantitative estimate of drug-likeness (QED) is 0.382. The minimum Gasteiger partial charge on any atom is -0.612 e. The number of aliphatic imine (C=N–C) groups is 1. The first kappa shape index (κ1) is 16.0. The molecule has 0 amide bonds. The van der Waals surface area contributed by atoms with Crippen LogP contribution < -0.4 is 10.1 Å². The van der Waals surface area contributed by atoms with E-state index in [1.54, 1.807) is 30.5 Å². The second-order valence-corrected chi connectivity index (χ2v) is 6.17. The van der Waals surface area contributed by atoms with Gasteiger partial charge in [-0.25, -0.2) is 0 Å². The molecule has 7 heteroatoms. The lowest BCUT2D eigenvalue weighted by Crippen LogP contribution is -2.34. The lowest BCUT2D eigenvalue weighted by Gasteiger charge is -2.13. The summed E-state index contributed by atoms with van der Waals surface area (Å²) in [6.45, 7) is 3.88. The van der Waals surface area contributed by atoms with E-state index in [0.717, 1.165) is 0 Å². The van der Waals surface area contributed by atoms with E-state index in [1.165, 1.54) is 0 Å². The van der Waals surface area contributed by atoms with Crippen LogP contribution in [0.2, 0.25) is 0 Å². The topological polar surface area (TPSA) is 80.5 Å². The first-order chi connectivity index (χ1) is 8.88. The van der Waals surface area contributed by atoms with Gasteiger partial charge in [0.05, 0.1) is 0 Å². The van der Waals surface area contributed by atoms with E-state index in [4.69, 9.17) is 10.1 Å². The smallest absolute Gasteiger partial charge is 0.297 e. The second kappa shape index (κ2) is 7.52. The molecule has 2 N–H and O–H groups in total. The van der Waals surface area contributed by atoms with Gasteiger partial charge in [0.1, 0.15) is 12.0 Å². The average Bonchev–Trinajstić information content (AvgIpc) is 2.27. The minimum atomic E-state index is -1.07. The molecule has 1 aromatic rings. The monoisotopic (exact) mass is 345 g/mol. The standard InChI is InChI=1S/C12H16BrN3O2S/c1-8(2)15-12(16-11(13)14)18-9-5-4-6-10(7-9)19(3)17/h4-8H,1-3H3,(H2,14,15,16). The van der Waals surface area contributed by atoms with Crippen LogP contribution in [0.4, 0.5) is 0 Å². The van der Waals surface area contributed by atoms with Crippen molar-refractivity contribution < 1.29 is 9.29 Å². The highest BCUT2D eigenvalue weighted by Crippen LogP contribution is 2.17. The summed E-state index contributed by atoms with van der Waals surface area (Å²) in [5.41, 5.74) is 0. The van der Waals surface area contributed by atoms with Crippen LogP contribution in [0.25, 0.3) is 0 Å². The number of benzene rings is 1. The Morgan fingerprint density at radius 2 is 2.21 bits per heavy atom. The molecule has 0 saturated heterocycles. The molecule has 0 bridgehead atoms. The van der Waals surface area contributed by atoms with E-state index in [-0.39, 0.29) is 16.8 Å². The van der Waals surface area contributed by atoms with Crippen molar-refractivity contribution in [2.24, 2.45) is 4.99 Å². The van der Waals surface area contributed by atoms with Gasteiger partial charge in [0.15, 0.2) is 9.64 Å². The SMILES string of the molecule is CC(C)N/C(=N\C(=N)Br)Oc1cccc([S+](C)[O-])c1. The number of amidine groups is 2. The Labute approximate surface area is 124 Å². The number of hydrogen-bond acceptors (Lipinski definition) is 3. The first-order valence-corrected chi connectivity index (χ1v) is 7.94. The molecule has 0 aliphatic heterocycles. The zero-order valence-corrected chi connectivity index (χ0v) is 13.3. The van der Waals surface area contributed by atoms with Crippen LogP contribution in [0.1, 0.15) is 13.8 Å². The Balaban J connectivity index is 2.90. The summed E-state index contributed by atoms with van der Waals surface area (Å²) >= 11 is 1.88. The molecule has 0 fully saturated rings. The number of hydrogen-bond donors (Lipinski definition) is 2. The lowest BCUT2D eigenvalue weighted by molar-refractivity contribution is 0.500. The summed E-state index contributed by atoms with van der Waals surface area (Å²) in [7, 11) is 0. The highest BCUT2D eigenvalue weighted by atomic mass is 79.9. The number of ether oxygens (including phenoxy) is 1. The zero-order chi connectivity index (χ0) is 14.4. The summed E-state index contributed by atoms with van der Waals surface area (Å²) in [6.07, 6.45) is 1.61. The minimum absolute atomic E-state index is 0.0362. The van der Waals surface area contributed by atoms with Gasteiger partial charge in [-0.3, -0.25) is 5.41 Å². The molecular weight excluding hydrogens is 330 g/mol. The molecule has 1 rings (SSSR count). The van der Waals surface area contributed by atoms with E-state index in [2.05, 4.69) is 26.2 Å². The molecule has 0 aliphatic rings. The van der Waals surface area contributed by atoms with Gasteiger partial charge >= 0.3 is 0 Å². The Morgan fingerprint density at radius 3 is 2.74 bits per heavy atom. The molecule has 19 heavy (non-hydrogen) atoms. The molecule has 0 radical (unpaired) electrons. The van der Waals surface area contributed by atoms with Gasteiger partial charge < -0.3 is 14.6 Å². The summed E-state index contributed by atoms with van der Waals surface area (Å²) in [5, 5.41) is 10.3. The van der Waals surface area contributed by atoms with Crippen LogP contribution >= 0.6 is 15.9 Å². The zero-order valence-electron chi connectivity index (χ0n) is 10.9. The Kier molecular flexibility index (Phi) is 6.33. The molecule has 0 heterocycles. The van der Waals surface area contributed by atoms with Crippen molar-refractivity contribution in [2.75, 3.05) is 6.26 Å². The van der Waals surface area contributed by atoms with Crippen molar-refractivity contribution in [1.82, 2.24) is 5.32 Å². The van der Waals surface area contributed by atoms with Gasteiger partial charge in [0.2, 0.25) is 0 Å². The normalized spacial score (nSPS) is 13.3. The van der Waals surface area contributed by atoms with Crippen molar-refractivity contribution in [2.45, 2.75) is 24.8 Å². The Morgan fingerprint density at radius 1 is 1.53 bits per heavy atom. The third-order valence-electron chi connectivity index (χ3n) is 1.96. The molecule has 0 aliphatic carbocycles. The Bertz CT molecular complexity index is 478. The van der Waals surface area contributed by atoms with Gasteiger partial charge in [-0.15, -0.1) is 0 Å². The van der Waals surface area contributed by atoms with E-state index in [1.807, 2.05) is 13.8 Å². The first-order valence-electron chi connectivity index (χ1n) is 5.59. The molecular formula is C12H16BrN3O2S. The molecule has 0 aromatic heterocycles. The molecule has 0 spiro atoms. The second-order valence-electron chi connectivity index (χ2n) is 4.04. The third-order valence-corrected chi connectivity index (χ3v) is 3.06. The fourth-order valence-corrected chi connectivity index (χ4v) is 1.96. The molecule has 1 unspecified atom stereocenters. The number of halogens is 1. The van der Waals surface area contributed by atoms with Crippen molar-refractivity contribution in [3.63, 3.8) is 0 Å². The van der Waals surface area contributed by atoms with Crippen LogP contribution in [-0.2, 0) is 11.2 Å². The van der Waals surface area contributed by atoms with Crippen LogP contribution in [0.5, 0.6) is 5.75 Å². The van der Waals surface area contributed by atoms with E-state index >= 15 is 0 Å². The summed E-state index contributed by atoms with van der Waals surface area (Å²) in [4.78, 5) is 4.57. The van der Waals surface area contributed by atoms with Gasteiger partial charge in [0.25, 0.3) is 6.02 Å². The average molecular weight is 346 g/mol. The van der Waals surface area contributed by atoms with Gasteiger partial charge in [-0.2, -0.15) is 4.99 Å². The highest BCUT2D eigenvalue weighted by molar-refractivity contribution is 9.18. The summed E-state index contributed by atoms with van der Waals surface area (Å²) in [6, 6.07) is 7.29. The third kappa shape index (κ3) is 6.09. The summed E-state index contributed by atoms with van der Waals surface area (Å²) in [5.74, 6) is 0.522. The molecule has 1 atom stereocenters. The predicted octanol–water partition coefficient (Wildman–Crippen LogP) is 2.49. The predicted molar refractivity (Wildman–Crippen MR) is 81.8 cm³/mol. The van der Waals surface area contributed by atoms with Crippen LogP contribution in [0.15, 0.2) is 34.2 Å². The molecule has 5 nitrogen and oxygen atoms in total. The van der Waals surface area contributed by atoms with Crippen molar-refractivity contribution in [3.05, 3.63) is 24.3 Å². The van der Waals surface area contributed by atoms with Crippen molar-refractivity contribution in [1.29, 1.82) is 5.41 Å². The molecule has 104 valence electrons. The number of nitrogens with one attached hydrogen (secondary N) is 2. The van der Waals surface area contributed by atoms with Gasteiger partial charge in [-0.05, 0) is 53.1 Å². The van der Waals surface area contributed by atoms with Crippen LogP contribution in [0, 0.1) is 5.41 Å². The molecule has 1 aromatic carbocycles. The molecule has 0 saturated carbocycles. The van der Waals surface area contributed by atoms with Crippen molar-refractivity contribution in [3.8, 4) is 5.75 Å². The van der Waals surface area contributed by atoms with E-state index in [9.17, 15) is 4.55 Å². The maximum atomic E-state index is 11.4. The maximum Gasteiger partial charge on any atom is 0.297 e. The Hall–Kier alpha value is -1.05. The van der Waals surface area contributed by atoms with E-state index in [0.29, 0.717) is 10.6 Å². The van der Waals surface area contributed by atoms with E-state index < -0.39 is 11.2 Å². The maximum absolute atomic E-state index is 11.4. The summed E-state index contributed by atoms with van der Waals surface area (Å²) < 4.78 is 16.9. The number of nitrogens with zero attached hydrogens (tertiary/aromatic N) is 1. The van der Waals surface area contributed by atoms with Crippen molar-refractivity contribution >= 4 is 37.9 Å². The lowest BCUT2D eigenvalue weighted by atomic mass is 10.3. The fraction of sp³-hybridized carbons (Fsp3) is 0.333. The number of rotatable bonds is 3. The van der Waals surface area contributed by atoms with Gasteiger partial charge in [-0.1, -0.05) is 6.07 Å². The largest absolute Gasteiger partial charge is 0.612 e. The van der Waals surface area contributed by atoms with Gasteiger partial charge in [0, 0.05) is 12.1 Å². The van der Waals surface area contributed by atoms with Crippen LogP contribution in [0.3, 0.4) is 0 Å². The fourth-order valence-electron chi connectivity index (χ4n) is 1.25. The highest BCUT2D eigenvalue weighted by Gasteiger charge is 2.09. The van der Waals surface area contributed by atoms with Crippen LogP contribution in [-0.4, -0.2) is 27.6 Å².